The molecule has 3 heterocycles. The maximum Gasteiger partial charge on any atom is 0.290 e. The van der Waals surface area contributed by atoms with Crippen LogP contribution in [0.1, 0.15) is 53.9 Å². The Hall–Kier alpha value is -1.79. The number of nitrogens with one attached hydrogen (secondary N) is 1. The Kier molecular flexibility index (Phi) is 5.68. The van der Waals surface area contributed by atoms with Gasteiger partial charge in [0.25, 0.3) is 5.91 Å². The molecule has 1 unspecified atom stereocenters. The minimum Gasteiger partial charge on any atom is -0.456 e. The van der Waals surface area contributed by atoms with Gasteiger partial charge in [-0.3, -0.25) is 4.79 Å². The number of carbonyl (C=O) groups excluding carboxylic acids is 1. The van der Waals surface area contributed by atoms with Crippen molar-refractivity contribution >= 4 is 18.3 Å². The lowest BCUT2D eigenvalue weighted by atomic mass is 9.93. The van der Waals surface area contributed by atoms with Crippen LogP contribution in [-0.2, 0) is 13.1 Å². The summed E-state index contributed by atoms with van der Waals surface area (Å²) in [7, 11) is 0. The normalized spacial score (nSPS) is 20.3. The van der Waals surface area contributed by atoms with E-state index in [9.17, 15) is 4.79 Å². The molecular weight excluding hydrogens is 364 g/mol. The predicted molar refractivity (Wildman–Crippen MR) is 106 cm³/mol. The molecule has 1 N–H and O–H groups in total. The van der Waals surface area contributed by atoms with E-state index in [-0.39, 0.29) is 29.8 Å². The van der Waals surface area contributed by atoms with Gasteiger partial charge in [-0.25, -0.2) is 4.98 Å². The molecule has 1 aliphatic heterocycles. The van der Waals surface area contributed by atoms with Gasteiger partial charge in [0.15, 0.2) is 5.76 Å². The highest BCUT2D eigenvalue weighted by atomic mass is 35.5. The zero-order chi connectivity index (χ0) is 18.3. The second kappa shape index (κ2) is 7.68. The monoisotopic (exact) mass is 392 g/mol. The van der Waals surface area contributed by atoms with Gasteiger partial charge in [0, 0.05) is 30.5 Å². The average Bonchev–Trinajstić information content (AvgIpc) is 2.97. The van der Waals surface area contributed by atoms with E-state index >= 15 is 0 Å². The van der Waals surface area contributed by atoms with Crippen molar-refractivity contribution < 1.29 is 9.21 Å². The molecular formula is C20H29ClN4O2. The Morgan fingerprint density at radius 1 is 1.41 bits per heavy atom. The standard InChI is InChI=1S/C20H28N4O2.ClH/c1-4-23-10-9-22-17(23)13-24(16-12-20(16)5-7-21-8-6-20)19(25)18-14(2)11-15(3)26-18;/h9-11,16,21H,4-8,12-13H2,1-3H3;1H. The molecule has 1 atom stereocenters. The fourth-order valence-corrected chi connectivity index (χ4v) is 4.47. The summed E-state index contributed by atoms with van der Waals surface area (Å²) in [5.74, 6) is 2.21. The first-order valence-electron chi connectivity index (χ1n) is 9.63. The van der Waals surface area contributed by atoms with Gasteiger partial charge in [0.2, 0.25) is 0 Å². The molecule has 0 aromatic carbocycles. The lowest BCUT2D eigenvalue weighted by Crippen LogP contribution is -2.39. The van der Waals surface area contributed by atoms with E-state index in [1.807, 2.05) is 37.2 Å². The van der Waals surface area contributed by atoms with Crippen LogP contribution in [0.2, 0.25) is 0 Å². The van der Waals surface area contributed by atoms with E-state index in [2.05, 4.69) is 21.8 Å². The number of hydrogen-bond donors (Lipinski definition) is 1. The van der Waals surface area contributed by atoms with Crippen LogP contribution in [0.3, 0.4) is 0 Å². The van der Waals surface area contributed by atoms with Crippen LogP contribution < -0.4 is 5.32 Å². The first-order chi connectivity index (χ1) is 12.5. The van der Waals surface area contributed by atoms with E-state index in [0.717, 1.165) is 56.0 Å². The third-order valence-electron chi connectivity index (χ3n) is 6.07. The van der Waals surface area contributed by atoms with Gasteiger partial charge >= 0.3 is 0 Å². The number of aryl methyl sites for hydroxylation is 3. The van der Waals surface area contributed by atoms with Gasteiger partial charge in [0.1, 0.15) is 11.6 Å². The van der Waals surface area contributed by atoms with Gasteiger partial charge < -0.3 is 19.2 Å². The molecule has 1 amide bonds. The smallest absolute Gasteiger partial charge is 0.290 e. The van der Waals surface area contributed by atoms with Crippen molar-refractivity contribution in [2.45, 2.75) is 59.2 Å². The fourth-order valence-electron chi connectivity index (χ4n) is 4.47. The second-order valence-corrected chi connectivity index (χ2v) is 7.76. The molecule has 2 aromatic rings. The number of piperidine rings is 1. The molecule has 2 aromatic heterocycles. The Morgan fingerprint density at radius 2 is 2.15 bits per heavy atom. The lowest BCUT2D eigenvalue weighted by molar-refractivity contribution is 0.0650. The van der Waals surface area contributed by atoms with Crippen LogP contribution in [0.5, 0.6) is 0 Å². The topological polar surface area (TPSA) is 63.3 Å². The number of carbonyl (C=O) groups is 1. The number of nitrogens with zero attached hydrogens (tertiary/aromatic N) is 3. The van der Waals surface area contributed by atoms with Crippen LogP contribution in [-0.4, -0.2) is 39.5 Å². The van der Waals surface area contributed by atoms with Crippen molar-refractivity contribution in [3.05, 3.63) is 41.4 Å². The van der Waals surface area contributed by atoms with E-state index in [1.54, 1.807) is 0 Å². The summed E-state index contributed by atoms with van der Waals surface area (Å²) < 4.78 is 7.86. The highest BCUT2D eigenvalue weighted by Crippen LogP contribution is 2.56. The number of rotatable bonds is 5. The largest absolute Gasteiger partial charge is 0.456 e. The van der Waals surface area contributed by atoms with Crippen molar-refractivity contribution in [3.63, 3.8) is 0 Å². The minimum absolute atomic E-state index is 0. The van der Waals surface area contributed by atoms with Crippen molar-refractivity contribution in [3.8, 4) is 0 Å². The molecule has 1 saturated heterocycles. The van der Waals surface area contributed by atoms with Crippen molar-refractivity contribution in [2.75, 3.05) is 13.1 Å². The molecule has 2 fully saturated rings. The maximum absolute atomic E-state index is 13.4. The summed E-state index contributed by atoms with van der Waals surface area (Å²) in [4.78, 5) is 19.9. The van der Waals surface area contributed by atoms with E-state index < -0.39 is 0 Å². The minimum atomic E-state index is 0. The number of imidazole rings is 1. The maximum atomic E-state index is 13.4. The summed E-state index contributed by atoms with van der Waals surface area (Å²) in [5, 5.41) is 3.44. The molecule has 148 valence electrons. The van der Waals surface area contributed by atoms with Crippen LogP contribution in [0.25, 0.3) is 0 Å². The van der Waals surface area contributed by atoms with Crippen LogP contribution in [0.4, 0.5) is 0 Å². The molecule has 1 aliphatic carbocycles. The predicted octanol–water partition coefficient (Wildman–Crippen LogP) is 3.32. The summed E-state index contributed by atoms with van der Waals surface area (Å²) in [6.45, 7) is 9.42. The molecule has 4 rings (SSSR count). The molecule has 1 saturated carbocycles. The SMILES string of the molecule is CCn1ccnc1CN(C(=O)c1oc(C)cc1C)C1CC12CCNCC2.Cl. The first-order valence-corrected chi connectivity index (χ1v) is 9.63. The summed E-state index contributed by atoms with van der Waals surface area (Å²) in [6.07, 6.45) is 7.16. The molecule has 0 radical (unpaired) electrons. The summed E-state index contributed by atoms with van der Waals surface area (Å²) >= 11 is 0. The van der Waals surface area contributed by atoms with Gasteiger partial charge in [-0.1, -0.05) is 0 Å². The molecule has 0 bridgehead atoms. The van der Waals surface area contributed by atoms with Crippen LogP contribution in [0, 0.1) is 19.3 Å². The van der Waals surface area contributed by atoms with Crippen molar-refractivity contribution in [2.24, 2.45) is 5.41 Å². The quantitative estimate of drug-likeness (QED) is 0.847. The van der Waals surface area contributed by atoms with Gasteiger partial charge in [-0.05, 0) is 64.6 Å². The molecule has 6 nitrogen and oxygen atoms in total. The zero-order valence-corrected chi connectivity index (χ0v) is 17.1. The Balaban J connectivity index is 0.00000210. The number of amides is 1. The lowest BCUT2D eigenvalue weighted by Gasteiger charge is -2.29. The third-order valence-corrected chi connectivity index (χ3v) is 6.07. The van der Waals surface area contributed by atoms with Gasteiger partial charge in [-0.2, -0.15) is 0 Å². The highest BCUT2D eigenvalue weighted by Gasteiger charge is 2.58. The van der Waals surface area contributed by atoms with E-state index in [0.29, 0.717) is 12.3 Å². The van der Waals surface area contributed by atoms with Crippen LogP contribution >= 0.6 is 12.4 Å². The second-order valence-electron chi connectivity index (χ2n) is 7.76. The number of hydrogen-bond acceptors (Lipinski definition) is 4. The van der Waals surface area contributed by atoms with Crippen LogP contribution in [0.15, 0.2) is 22.9 Å². The number of halogens is 1. The fraction of sp³-hybridized carbons (Fsp3) is 0.600. The summed E-state index contributed by atoms with van der Waals surface area (Å²) in [5.41, 5.74) is 1.19. The highest BCUT2D eigenvalue weighted by molar-refractivity contribution is 5.93. The molecule has 1 spiro atoms. The Bertz CT molecular complexity index is 807. The first kappa shape index (κ1) is 20.0. The number of aromatic nitrogens is 2. The van der Waals surface area contributed by atoms with Gasteiger partial charge in [0.05, 0.1) is 6.54 Å². The zero-order valence-electron chi connectivity index (χ0n) is 16.3. The molecule has 27 heavy (non-hydrogen) atoms. The van der Waals surface area contributed by atoms with E-state index in [4.69, 9.17) is 4.42 Å². The molecule has 7 heteroatoms. The Labute approximate surface area is 166 Å². The van der Waals surface area contributed by atoms with E-state index in [1.165, 1.54) is 0 Å². The summed E-state index contributed by atoms with van der Waals surface area (Å²) in [6, 6.07) is 2.22. The van der Waals surface area contributed by atoms with Crippen molar-refractivity contribution in [1.82, 2.24) is 19.8 Å². The average molecular weight is 393 g/mol. The Morgan fingerprint density at radius 3 is 2.78 bits per heavy atom. The van der Waals surface area contributed by atoms with Crippen molar-refractivity contribution in [1.29, 1.82) is 0 Å². The third kappa shape index (κ3) is 3.65. The van der Waals surface area contributed by atoms with Gasteiger partial charge in [-0.15, -0.1) is 12.4 Å². The molecule has 2 aliphatic rings. The number of furan rings is 1.